The number of nitrogens with two attached hydrogens (primary N) is 1. The van der Waals surface area contributed by atoms with E-state index in [4.69, 9.17) is 15.2 Å². The van der Waals surface area contributed by atoms with Gasteiger partial charge in [0.1, 0.15) is 18.1 Å². The molecule has 0 bridgehead atoms. The Labute approximate surface area is 122 Å². The molecule has 0 heterocycles. The Morgan fingerprint density at radius 3 is 2.05 bits per heavy atom. The first-order valence-electron chi connectivity index (χ1n) is 7.36. The third-order valence-electron chi connectivity index (χ3n) is 3.16. The van der Waals surface area contributed by atoms with Crippen molar-refractivity contribution in [3.05, 3.63) is 18.2 Å². The zero-order valence-corrected chi connectivity index (χ0v) is 13.3. The van der Waals surface area contributed by atoms with Crippen LogP contribution >= 0.6 is 0 Å². The second-order valence-electron chi connectivity index (χ2n) is 5.44. The van der Waals surface area contributed by atoms with Crippen molar-refractivity contribution in [2.24, 2.45) is 0 Å². The van der Waals surface area contributed by atoms with Crippen LogP contribution in [0.3, 0.4) is 0 Å². The molecule has 4 heteroatoms. The topological polar surface area (TPSA) is 47.7 Å². The van der Waals surface area contributed by atoms with Crippen molar-refractivity contribution in [2.45, 2.75) is 46.7 Å². The molecule has 0 atom stereocenters. The van der Waals surface area contributed by atoms with Crippen LogP contribution in [-0.2, 0) is 0 Å². The van der Waals surface area contributed by atoms with E-state index in [1.165, 1.54) is 0 Å². The van der Waals surface area contributed by atoms with Crippen molar-refractivity contribution in [3.63, 3.8) is 0 Å². The first-order valence-corrected chi connectivity index (χ1v) is 7.36. The third kappa shape index (κ3) is 5.29. The van der Waals surface area contributed by atoms with E-state index >= 15 is 0 Å². The monoisotopic (exact) mass is 280 g/mol. The minimum Gasteiger partial charge on any atom is -0.494 e. The number of rotatable bonds is 8. The van der Waals surface area contributed by atoms with Crippen molar-refractivity contribution >= 4 is 5.69 Å². The van der Waals surface area contributed by atoms with E-state index in [2.05, 4.69) is 32.6 Å². The lowest BCUT2D eigenvalue weighted by Gasteiger charge is -2.30. The van der Waals surface area contributed by atoms with Crippen molar-refractivity contribution in [1.82, 2.24) is 4.90 Å². The summed E-state index contributed by atoms with van der Waals surface area (Å²) in [5.41, 5.74) is 6.51. The standard InChI is InChI=1S/C16H28N2O2/c1-6-19-15-9-14(17)10-16(11-15)20-8-7-18(12(2)3)13(4)5/h9-13H,6-8,17H2,1-5H3. The summed E-state index contributed by atoms with van der Waals surface area (Å²) >= 11 is 0. The number of anilines is 1. The van der Waals surface area contributed by atoms with E-state index in [-0.39, 0.29) is 0 Å². The Morgan fingerprint density at radius 2 is 1.55 bits per heavy atom. The van der Waals surface area contributed by atoms with Crippen LogP contribution in [0.1, 0.15) is 34.6 Å². The molecule has 1 aromatic rings. The maximum absolute atomic E-state index is 5.85. The predicted molar refractivity (Wildman–Crippen MR) is 84.5 cm³/mol. The lowest BCUT2D eigenvalue weighted by atomic mass is 10.2. The maximum atomic E-state index is 5.85. The van der Waals surface area contributed by atoms with Crippen LogP contribution < -0.4 is 15.2 Å². The Bertz CT molecular complexity index is 397. The second kappa shape index (κ2) is 8.00. The number of nitrogens with zero attached hydrogens (tertiary/aromatic N) is 1. The van der Waals surface area contributed by atoms with Crippen LogP contribution in [0.5, 0.6) is 11.5 Å². The molecule has 0 aliphatic carbocycles. The van der Waals surface area contributed by atoms with Gasteiger partial charge < -0.3 is 15.2 Å². The molecule has 4 nitrogen and oxygen atoms in total. The molecule has 1 aromatic carbocycles. The predicted octanol–water partition coefficient (Wildman–Crippen LogP) is 3.17. The summed E-state index contributed by atoms with van der Waals surface area (Å²) in [5.74, 6) is 1.52. The van der Waals surface area contributed by atoms with E-state index in [1.54, 1.807) is 0 Å². The third-order valence-corrected chi connectivity index (χ3v) is 3.16. The SMILES string of the molecule is CCOc1cc(N)cc(OCCN(C(C)C)C(C)C)c1. The molecule has 0 radical (unpaired) electrons. The number of hydrogen-bond donors (Lipinski definition) is 1. The fraction of sp³-hybridized carbons (Fsp3) is 0.625. The Hall–Kier alpha value is -1.42. The quantitative estimate of drug-likeness (QED) is 0.743. The molecule has 20 heavy (non-hydrogen) atoms. The first kappa shape index (κ1) is 16.6. The molecule has 0 aliphatic heterocycles. The van der Waals surface area contributed by atoms with Gasteiger partial charge in [0.05, 0.1) is 6.61 Å². The largest absolute Gasteiger partial charge is 0.494 e. The van der Waals surface area contributed by atoms with Gasteiger partial charge in [-0.2, -0.15) is 0 Å². The molecule has 0 saturated heterocycles. The second-order valence-corrected chi connectivity index (χ2v) is 5.44. The van der Waals surface area contributed by atoms with Crippen LogP contribution in [-0.4, -0.2) is 36.7 Å². The van der Waals surface area contributed by atoms with Crippen LogP contribution in [0.25, 0.3) is 0 Å². The van der Waals surface area contributed by atoms with Gasteiger partial charge in [0, 0.05) is 42.5 Å². The maximum Gasteiger partial charge on any atom is 0.125 e. The number of hydrogen-bond acceptors (Lipinski definition) is 4. The summed E-state index contributed by atoms with van der Waals surface area (Å²) in [6.45, 7) is 12.9. The number of nitrogen functional groups attached to an aromatic ring is 1. The van der Waals surface area contributed by atoms with Gasteiger partial charge in [-0.25, -0.2) is 0 Å². The van der Waals surface area contributed by atoms with Gasteiger partial charge in [-0.1, -0.05) is 0 Å². The molecule has 0 aliphatic rings. The highest BCUT2D eigenvalue weighted by molar-refractivity contribution is 5.50. The van der Waals surface area contributed by atoms with Gasteiger partial charge in [0.25, 0.3) is 0 Å². The van der Waals surface area contributed by atoms with E-state index in [0.717, 1.165) is 18.0 Å². The minimum absolute atomic E-state index is 0.512. The van der Waals surface area contributed by atoms with Crippen LogP contribution in [0, 0.1) is 0 Å². The highest BCUT2D eigenvalue weighted by Gasteiger charge is 2.13. The molecular weight excluding hydrogens is 252 g/mol. The molecule has 2 N–H and O–H groups in total. The van der Waals surface area contributed by atoms with Crippen molar-refractivity contribution < 1.29 is 9.47 Å². The van der Waals surface area contributed by atoms with E-state index in [0.29, 0.717) is 31.0 Å². The van der Waals surface area contributed by atoms with Crippen LogP contribution in [0.2, 0.25) is 0 Å². The fourth-order valence-electron chi connectivity index (χ4n) is 2.31. The summed E-state index contributed by atoms with van der Waals surface area (Å²) < 4.78 is 11.3. The Balaban J connectivity index is 2.56. The summed E-state index contributed by atoms with van der Waals surface area (Å²) in [6, 6.07) is 6.55. The van der Waals surface area contributed by atoms with E-state index < -0.39 is 0 Å². The van der Waals surface area contributed by atoms with Gasteiger partial charge in [-0.3, -0.25) is 4.90 Å². The van der Waals surface area contributed by atoms with E-state index in [1.807, 2.05) is 25.1 Å². The smallest absolute Gasteiger partial charge is 0.125 e. The summed E-state index contributed by atoms with van der Waals surface area (Å²) in [6.07, 6.45) is 0. The highest BCUT2D eigenvalue weighted by Crippen LogP contribution is 2.24. The normalized spacial score (nSPS) is 11.4. The lowest BCUT2D eigenvalue weighted by Crippen LogP contribution is -2.39. The molecular formula is C16H28N2O2. The molecule has 1 rings (SSSR count). The van der Waals surface area contributed by atoms with Crippen LogP contribution in [0.15, 0.2) is 18.2 Å². The van der Waals surface area contributed by atoms with Gasteiger partial charge in [0.15, 0.2) is 0 Å². The first-order chi connectivity index (χ1) is 9.43. The fourth-order valence-corrected chi connectivity index (χ4v) is 2.31. The molecule has 0 unspecified atom stereocenters. The van der Waals surface area contributed by atoms with E-state index in [9.17, 15) is 0 Å². The van der Waals surface area contributed by atoms with Crippen molar-refractivity contribution in [3.8, 4) is 11.5 Å². The minimum atomic E-state index is 0.512. The van der Waals surface area contributed by atoms with Gasteiger partial charge >= 0.3 is 0 Å². The van der Waals surface area contributed by atoms with Crippen molar-refractivity contribution in [1.29, 1.82) is 0 Å². The van der Waals surface area contributed by atoms with Gasteiger partial charge in [-0.15, -0.1) is 0 Å². The zero-order chi connectivity index (χ0) is 15.1. The average Bonchev–Trinajstić information content (AvgIpc) is 2.33. The molecule has 114 valence electrons. The highest BCUT2D eigenvalue weighted by atomic mass is 16.5. The summed E-state index contributed by atoms with van der Waals surface area (Å²) in [5, 5.41) is 0. The molecule has 0 spiro atoms. The van der Waals surface area contributed by atoms with Gasteiger partial charge in [-0.05, 0) is 34.6 Å². The molecule has 0 saturated carbocycles. The zero-order valence-electron chi connectivity index (χ0n) is 13.3. The van der Waals surface area contributed by atoms with Crippen molar-refractivity contribution in [2.75, 3.05) is 25.5 Å². The number of ether oxygens (including phenoxy) is 2. The Kier molecular flexibility index (Phi) is 6.65. The Morgan fingerprint density at radius 1 is 1.00 bits per heavy atom. The molecule has 0 aromatic heterocycles. The van der Waals surface area contributed by atoms with Gasteiger partial charge in [0.2, 0.25) is 0 Å². The summed E-state index contributed by atoms with van der Waals surface area (Å²) in [7, 11) is 0. The summed E-state index contributed by atoms with van der Waals surface area (Å²) in [4.78, 5) is 2.40. The number of benzene rings is 1. The average molecular weight is 280 g/mol. The van der Waals surface area contributed by atoms with Crippen LogP contribution in [0.4, 0.5) is 5.69 Å². The lowest BCUT2D eigenvalue weighted by molar-refractivity contribution is 0.142. The molecule has 0 fully saturated rings. The molecule has 0 amide bonds.